The highest BCUT2D eigenvalue weighted by molar-refractivity contribution is 5.85. The first-order chi connectivity index (χ1) is 7.64. The Bertz CT molecular complexity index is 279. The molecule has 5 heteroatoms. The van der Waals surface area contributed by atoms with Gasteiger partial charge in [-0.3, -0.25) is 4.79 Å². The van der Waals surface area contributed by atoms with Gasteiger partial charge < -0.3 is 15.2 Å². The molecule has 0 heterocycles. The minimum atomic E-state index is -0.868. The fourth-order valence-corrected chi connectivity index (χ4v) is 2.00. The van der Waals surface area contributed by atoms with E-state index in [0.29, 0.717) is 12.8 Å². The fraction of sp³-hybridized carbons (Fsp3) is 0.818. The number of aliphatic hydroxyl groups excluding tert-OH is 1. The lowest BCUT2D eigenvalue weighted by atomic mass is 9.87. The van der Waals surface area contributed by atoms with Crippen molar-refractivity contribution < 1.29 is 14.6 Å². The number of methoxy groups -OCH3 is 1. The standard InChI is InChI=1S/C11H18N2O3/c1-16-7-9(14)6-13-10(15)11(8-12)4-2-3-5-11/h9,14H,2-7H2,1H3,(H,13,15). The molecule has 0 spiro atoms. The molecular formula is C11H18N2O3. The average Bonchev–Trinajstić information content (AvgIpc) is 2.76. The molecule has 1 amide bonds. The lowest BCUT2D eigenvalue weighted by Crippen LogP contribution is -2.42. The van der Waals surface area contributed by atoms with Crippen molar-refractivity contribution in [2.24, 2.45) is 5.41 Å². The summed E-state index contributed by atoms with van der Waals surface area (Å²) in [5.74, 6) is -0.261. The van der Waals surface area contributed by atoms with Gasteiger partial charge in [-0.15, -0.1) is 0 Å². The van der Waals surface area contributed by atoms with Gasteiger partial charge in [0.2, 0.25) is 5.91 Å². The molecule has 0 aromatic carbocycles. The van der Waals surface area contributed by atoms with Gasteiger partial charge in [-0.1, -0.05) is 12.8 Å². The third-order valence-corrected chi connectivity index (χ3v) is 2.96. The van der Waals surface area contributed by atoms with Crippen LogP contribution in [0.1, 0.15) is 25.7 Å². The molecule has 1 aliphatic carbocycles. The van der Waals surface area contributed by atoms with Crippen molar-refractivity contribution >= 4 is 5.91 Å². The zero-order valence-electron chi connectivity index (χ0n) is 9.53. The topological polar surface area (TPSA) is 82.3 Å². The van der Waals surface area contributed by atoms with E-state index in [0.717, 1.165) is 12.8 Å². The van der Waals surface area contributed by atoms with Crippen LogP contribution < -0.4 is 5.32 Å². The predicted molar refractivity (Wildman–Crippen MR) is 57.4 cm³/mol. The summed E-state index contributed by atoms with van der Waals surface area (Å²) in [6.45, 7) is 0.315. The van der Waals surface area contributed by atoms with Crippen LogP contribution in [0.4, 0.5) is 0 Å². The number of hydrogen-bond donors (Lipinski definition) is 2. The molecule has 1 rings (SSSR count). The maximum Gasteiger partial charge on any atom is 0.240 e. The summed E-state index contributed by atoms with van der Waals surface area (Å²) >= 11 is 0. The van der Waals surface area contributed by atoms with Crippen LogP contribution in [0.3, 0.4) is 0 Å². The Hall–Kier alpha value is -1.12. The van der Waals surface area contributed by atoms with Crippen molar-refractivity contribution in [3.63, 3.8) is 0 Å². The minimum absolute atomic E-state index is 0.135. The average molecular weight is 226 g/mol. The van der Waals surface area contributed by atoms with Gasteiger partial charge in [-0.25, -0.2) is 0 Å². The lowest BCUT2D eigenvalue weighted by molar-refractivity contribution is -0.128. The van der Waals surface area contributed by atoms with Gasteiger partial charge in [-0.2, -0.15) is 5.26 Å². The molecule has 1 unspecified atom stereocenters. The Morgan fingerprint density at radius 1 is 1.62 bits per heavy atom. The van der Waals surface area contributed by atoms with Crippen LogP contribution in [0.2, 0.25) is 0 Å². The Balaban J connectivity index is 2.42. The van der Waals surface area contributed by atoms with Crippen LogP contribution >= 0.6 is 0 Å². The molecule has 90 valence electrons. The molecule has 0 aliphatic heterocycles. The van der Waals surface area contributed by atoms with Gasteiger partial charge in [0.25, 0.3) is 0 Å². The van der Waals surface area contributed by atoms with Crippen LogP contribution in [0.25, 0.3) is 0 Å². The molecule has 1 aliphatic rings. The van der Waals surface area contributed by atoms with Crippen LogP contribution in [0, 0.1) is 16.7 Å². The zero-order valence-corrected chi connectivity index (χ0v) is 9.53. The SMILES string of the molecule is COCC(O)CNC(=O)C1(C#N)CCCC1. The Kier molecular flexibility index (Phi) is 4.71. The second-order valence-electron chi connectivity index (χ2n) is 4.22. The highest BCUT2D eigenvalue weighted by Gasteiger charge is 2.41. The van der Waals surface area contributed by atoms with Crippen molar-refractivity contribution in [3.8, 4) is 6.07 Å². The van der Waals surface area contributed by atoms with Gasteiger partial charge in [-0.05, 0) is 12.8 Å². The second kappa shape index (κ2) is 5.83. The van der Waals surface area contributed by atoms with E-state index in [-0.39, 0.29) is 19.1 Å². The summed E-state index contributed by atoms with van der Waals surface area (Å²) < 4.78 is 4.75. The number of nitrogens with one attached hydrogen (secondary N) is 1. The van der Waals surface area contributed by atoms with E-state index in [1.165, 1.54) is 7.11 Å². The summed E-state index contributed by atoms with van der Waals surface area (Å²) in [6, 6.07) is 2.11. The van der Waals surface area contributed by atoms with E-state index in [2.05, 4.69) is 11.4 Å². The van der Waals surface area contributed by atoms with Crippen LogP contribution in [0.15, 0.2) is 0 Å². The molecular weight excluding hydrogens is 208 g/mol. The monoisotopic (exact) mass is 226 g/mol. The molecule has 1 atom stereocenters. The third-order valence-electron chi connectivity index (χ3n) is 2.96. The van der Waals surface area contributed by atoms with Gasteiger partial charge in [0, 0.05) is 13.7 Å². The lowest BCUT2D eigenvalue weighted by Gasteiger charge is -2.20. The molecule has 0 saturated heterocycles. The highest BCUT2D eigenvalue weighted by Crippen LogP contribution is 2.37. The number of hydrogen-bond acceptors (Lipinski definition) is 4. The summed E-state index contributed by atoms with van der Waals surface area (Å²) in [6.07, 6.45) is 2.36. The van der Waals surface area contributed by atoms with E-state index < -0.39 is 11.5 Å². The number of carbonyl (C=O) groups is 1. The van der Waals surface area contributed by atoms with Gasteiger partial charge in [0.05, 0.1) is 18.8 Å². The first-order valence-electron chi connectivity index (χ1n) is 5.51. The first-order valence-corrected chi connectivity index (χ1v) is 5.51. The van der Waals surface area contributed by atoms with Crippen molar-refractivity contribution in [2.45, 2.75) is 31.8 Å². The number of ether oxygens (including phenoxy) is 1. The molecule has 0 bridgehead atoms. The normalized spacial score (nSPS) is 20.1. The van der Waals surface area contributed by atoms with Crippen molar-refractivity contribution in [1.29, 1.82) is 5.26 Å². The second-order valence-corrected chi connectivity index (χ2v) is 4.22. The maximum absolute atomic E-state index is 11.8. The molecule has 0 aromatic rings. The highest BCUT2D eigenvalue weighted by atomic mass is 16.5. The van der Waals surface area contributed by atoms with E-state index in [1.807, 2.05) is 0 Å². The number of rotatable bonds is 5. The summed E-state index contributed by atoms with van der Waals surface area (Å²) in [4.78, 5) is 11.8. The van der Waals surface area contributed by atoms with Crippen molar-refractivity contribution in [1.82, 2.24) is 5.32 Å². The van der Waals surface area contributed by atoms with Crippen molar-refractivity contribution in [2.75, 3.05) is 20.3 Å². The first kappa shape index (κ1) is 12.9. The predicted octanol–water partition coefficient (Wildman–Crippen LogP) is 0.194. The largest absolute Gasteiger partial charge is 0.389 e. The summed E-state index contributed by atoms with van der Waals surface area (Å²) in [5.41, 5.74) is -0.868. The third kappa shape index (κ3) is 2.94. The number of nitrogens with zero attached hydrogens (tertiary/aromatic N) is 1. The maximum atomic E-state index is 11.8. The van der Waals surface area contributed by atoms with Crippen molar-refractivity contribution in [3.05, 3.63) is 0 Å². The van der Waals surface area contributed by atoms with E-state index in [1.54, 1.807) is 0 Å². The molecule has 16 heavy (non-hydrogen) atoms. The molecule has 0 radical (unpaired) electrons. The Labute approximate surface area is 95.4 Å². The van der Waals surface area contributed by atoms with Crippen LogP contribution in [0.5, 0.6) is 0 Å². The van der Waals surface area contributed by atoms with Gasteiger partial charge in [0.15, 0.2) is 0 Å². The number of nitriles is 1. The molecule has 5 nitrogen and oxygen atoms in total. The minimum Gasteiger partial charge on any atom is -0.389 e. The number of carbonyl (C=O) groups excluding carboxylic acids is 1. The summed E-state index contributed by atoms with van der Waals surface area (Å²) in [7, 11) is 1.48. The molecule has 2 N–H and O–H groups in total. The number of aliphatic hydroxyl groups is 1. The molecule has 0 aromatic heterocycles. The molecule has 1 fully saturated rings. The van der Waals surface area contributed by atoms with Gasteiger partial charge in [0.1, 0.15) is 5.41 Å². The quantitative estimate of drug-likeness (QED) is 0.701. The number of amides is 1. The molecule has 1 saturated carbocycles. The van der Waals surface area contributed by atoms with Crippen LogP contribution in [-0.2, 0) is 9.53 Å². The summed E-state index contributed by atoms with van der Waals surface area (Å²) in [5, 5.41) is 21.0. The Morgan fingerprint density at radius 3 is 2.75 bits per heavy atom. The van der Waals surface area contributed by atoms with E-state index in [9.17, 15) is 9.90 Å². The van der Waals surface area contributed by atoms with E-state index >= 15 is 0 Å². The zero-order chi connectivity index (χ0) is 12.0. The smallest absolute Gasteiger partial charge is 0.240 e. The Morgan fingerprint density at radius 2 is 2.25 bits per heavy atom. The van der Waals surface area contributed by atoms with Gasteiger partial charge >= 0.3 is 0 Å². The van der Waals surface area contributed by atoms with E-state index in [4.69, 9.17) is 10.00 Å². The fourth-order valence-electron chi connectivity index (χ4n) is 2.00. The van der Waals surface area contributed by atoms with Crippen LogP contribution in [-0.4, -0.2) is 37.4 Å².